The van der Waals surface area contributed by atoms with E-state index in [4.69, 9.17) is 4.74 Å². The van der Waals surface area contributed by atoms with Crippen molar-refractivity contribution in [3.8, 4) is 5.75 Å². The summed E-state index contributed by atoms with van der Waals surface area (Å²) in [4.78, 5) is 39.9. The van der Waals surface area contributed by atoms with Gasteiger partial charge in [0.05, 0.1) is 7.11 Å². The van der Waals surface area contributed by atoms with Crippen LogP contribution in [0, 0.1) is 0 Å². The van der Waals surface area contributed by atoms with Crippen LogP contribution in [-0.4, -0.2) is 53.6 Å². The van der Waals surface area contributed by atoms with Gasteiger partial charge in [-0.05, 0) is 13.0 Å². The van der Waals surface area contributed by atoms with E-state index in [0.29, 0.717) is 16.4 Å². The molecule has 1 atom stereocenters. The highest BCUT2D eigenvalue weighted by molar-refractivity contribution is 7.13. The van der Waals surface area contributed by atoms with Gasteiger partial charge in [0, 0.05) is 12.6 Å². The maximum absolute atomic E-state index is 12.9. The van der Waals surface area contributed by atoms with Crippen molar-refractivity contribution in [2.45, 2.75) is 12.5 Å². The molecule has 4 amide bonds. The number of likely N-dealkylation sites (N-methyl/N-ethyl adjacent to an activating group) is 1. The van der Waals surface area contributed by atoms with Gasteiger partial charge in [0.2, 0.25) is 11.0 Å². The van der Waals surface area contributed by atoms with Crippen LogP contribution in [0.3, 0.4) is 0 Å². The van der Waals surface area contributed by atoms with Crippen LogP contribution in [0.25, 0.3) is 0 Å². The molecule has 10 heteroatoms. The van der Waals surface area contributed by atoms with Crippen LogP contribution in [0.15, 0.2) is 29.8 Å². The minimum absolute atomic E-state index is 0.384. The highest BCUT2D eigenvalue weighted by Gasteiger charge is 2.51. The fraction of sp³-hybridized carbons (Fsp3) is 0.312. The van der Waals surface area contributed by atoms with Gasteiger partial charge in [-0.3, -0.25) is 19.4 Å². The number of carbonyl (C=O) groups excluding carboxylic acids is 3. The van der Waals surface area contributed by atoms with Crippen molar-refractivity contribution in [1.29, 1.82) is 0 Å². The number of carbonyl (C=O) groups is 3. The Bertz CT molecular complexity index is 856. The third-order valence-electron chi connectivity index (χ3n) is 4.22. The van der Waals surface area contributed by atoms with Crippen LogP contribution in [0.5, 0.6) is 5.75 Å². The fourth-order valence-electron chi connectivity index (χ4n) is 2.74. The molecule has 1 aromatic carbocycles. The van der Waals surface area contributed by atoms with Crippen molar-refractivity contribution in [1.82, 2.24) is 20.4 Å². The Morgan fingerprint density at radius 2 is 2.12 bits per heavy atom. The quantitative estimate of drug-likeness (QED) is 0.781. The minimum Gasteiger partial charge on any atom is -0.496 e. The SMILES string of the molecule is COc1ccccc1C1(C)NC(=O)N(CC(=O)N(C)c2nncs2)C1=O. The number of aromatic nitrogens is 2. The Morgan fingerprint density at radius 3 is 2.77 bits per heavy atom. The molecule has 0 saturated carbocycles. The lowest BCUT2D eigenvalue weighted by atomic mass is 9.91. The molecule has 9 nitrogen and oxygen atoms in total. The van der Waals surface area contributed by atoms with E-state index >= 15 is 0 Å². The molecule has 1 N–H and O–H groups in total. The first-order valence-corrected chi connectivity index (χ1v) is 8.56. The van der Waals surface area contributed by atoms with Gasteiger partial charge in [-0.1, -0.05) is 29.5 Å². The van der Waals surface area contributed by atoms with Gasteiger partial charge in [-0.15, -0.1) is 10.2 Å². The van der Waals surface area contributed by atoms with E-state index < -0.39 is 29.9 Å². The van der Waals surface area contributed by atoms with Crippen molar-refractivity contribution in [2.24, 2.45) is 0 Å². The van der Waals surface area contributed by atoms with Gasteiger partial charge in [-0.2, -0.15) is 0 Å². The van der Waals surface area contributed by atoms with Crippen LogP contribution in [0.1, 0.15) is 12.5 Å². The molecule has 0 aliphatic carbocycles. The van der Waals surface area contributed by atoms with Crippen LogP contribution in [-0.2, 0) is 15.1 Å². The van der Waals surface area contributed by atoms with Gasteiger partial charge < -0.3 is 10.1 Å². The number of para-hydroxylation sites is 1. The number of rotatable bonds is 5. The molecule has 1 unspecified atom stereocenters. The van der Waals surface area contributed by atoms with E-state index in [1.807, 2.05) is 0 Å². The summed E-state index contributed by atoms with van der Waals surface area (Å²) in [6, 6.07) is 6.29. The zero-order valence-corrected chi connectivity index (χ0v) is 15.2. The molecule has 1 saturated heterocycles. The highest BCUT2D eigenvalue weighted by atomic mass is 32.1. The monoisotopic (exact) mass is 375 g/mol. The number of anilines is 1. The zero-order chi connectivity index (χ0) is 18.9. The summed E-state index contributed by atoms with van der Waals surface area (Å²) in [6.45, 7) is 1.19. The number of benzene rings is 1. The molecule has 1 aliphatic rings. The summed E-state index contributed by atoms with van der Waals surface area (Å²) in [5, 5.41) is 10.5. The van der Waals surface area contributed by atoms with Crippen molar-refractivity contribution in [2.75, 3.05) is 25.6 Å². The van der Waals surface area contributed by atoms with Gasteiger partial charge in [0.1, 0.15) is 23.3 Å². The molecule has 2 aromatic rings. The lowest BCUT2D eigenvalue weighted by Crippen LogP contribution is -2.43. The average Bonchev–Trinajstić information content (AvgIpc) is 3.25. The number of nitrogens with one attached hydrogen (secondary N) is 1. The van der Waals surface area contributed by atoms with E-state index in [1.54, 1.807) is 31.2 Å². The zero-order valence-electron chi connectivity index (χ0n) is 14.4. The smallest absolute Gasteiger partial charge is 0.325 e. The Labute approximate surface area is 153 Å². The minimum atomic E-state index is -1.31. The number of urea groups is 1. The number of ether oxygens (including phenoxy) is 1. The van der Waals surface area contributed by atoms with Crippen LogP contribution < -0.4 is 15.0 Å². The molecular weight excluding hydrogens is 358 g/mol. The molecule has 1 aliphatic heterocycles. The van der Waals surface area contributed by atoms with E-state index in [-0.39, 0.29) is 0 Å². The molecule has 0 radical (unpaired) electrons. The normalized spacial score (nSPS) is 19.4. The number of methoxy groups -OCH3 is 1. The van der Waals surface area contributed by atoms with Crippen molar-refractivity contribution >= 4 is 34.3 Å². The summed E-state index contributed by atoms with van der Waals surface area (Å²) in [7, 11) is 3.00. The Kier molecular flexibility index (Phi) is 4.60. The Hall–Kier alpha value is -3.01. The molecule has 2 heterocycles. The fourth-order valence-corrected chi connectivity index (χ4v) is 3.28. The van der Waals surface area contributed by atoms with Crippen molar-refractivity contribution in [3.63, 3.8) is 0 Å². The highest BCUT2D eigenvalue weighted by Crippen LogP contribution is 2.34. The number of amides is 4. The lowest BCUT2D eigenvalue weighted by molar-refractivity contribution is -0.134. The number of nitrogens with zero attached hydrogens (tertiary/aromatic N) is 4. The van der Waals surface area contributed by atoms with Crippen LogP contribution in [0.4, 0.5) is 9.93 Å². The van der Waals surface area contributed by atoms with E-state index in [0.717, 1.165) is 4.90 Å². The summed E-state index contributed by atoms with van der Waals surface area (Å²) >= 11 is 1.18. The largest absolute Gasteiger partial charge is 0.496 e. The number of hydrogen-bond acceptors (Lipinski definition) is 7. The summed E-state index contributed by atoms with van der Waals surface area (Å²) < 4.78 is 5.30. The molecule has 0 spiro atoms. The average molecular weight is 375 g/mol. The van der Waals surface area contributed by atoms with Crippen LogP contribution >= 0.6 is 11.3 Å². The van der Waals surface area contributed by atoms with Gasteiger partial charge >= 0.3 is 6.03 Å². The van der Waals surface area contributed by atoms with E-state index in [1.165, 1.54) is 35.9 Å². The number of hydrogen-bond donors (Lipinski definition) is 1. The van der Waals surface area contributed by atoms with Gasteiger partial charge in [0.25, 0.3) is 5.91 Å². The molecular formula is C16H17N5O4S. The predicted molar refractivity (Wildman–Crippen MR) is 93.9 cm³/mol. The summed E-state index contributed by atoms with van der Waals surface area (Å²) in [6.07, 6.45) is 0. The Morgan fingerprint density at radius 1 is 1.38 bits per heavy atom. The molecule has 1 aromatic heterocycles. The van der Waals surface area contributed by atoms with Gasteiger partial charge in [0.15, 0.2) is 0 Å². The molecule has 26 heavy (non-hydrogen) atoms. The second kappa shape index (κ2) is 6.71. The van der Waals surface area contributed by atoms with Gasteiger partial charge in [-0.25, -0.2) is 4.79 Å². The third-order valence-corrected chi connectivity index (χ3v) is 4.99. The molecule has 136 valence electrons. The summed E-state index contributed by atoms with van der Waals surface area (Å²) in [5.41, 5.74) is 0.699. The molecule has 0 bridgehead atoms. The number of imide groups is 1. The first-order chi connectivity index (χ1) is 12.4. The molecule has 3 rings (SSSR count). The Balaban J connectivity index is 1.84. The first kappa shape index (κ1) is 17.8. The standard InChI is InChI=1S/C16H17N5O4S/c1-16(10-6-4-5-7-11(10)25-3)13(23)21(14(24)18-16)8-12(22)20(2)15-19-17-9-26-15/h4-7,9H,8H2,1-3H3,(H,18,24). The lowest BCUT2D eigenvalue weighted by Gasteiger charge is -2.24. The van der Waals surface area contributed by atoms with Crippen molar-refractivity contribution < 1.29 is 19.1 Å². The maximum Gasteiger partial charge on any atom is 0.325 e. The summed E-state index contributed by atoms with van der Waals surface area (Å²) in [5.74, 6) is -0.497. The first-order valence-electron chi connectivity index (χ1n) is 7.69. The second-order valence-corrected chi connectivity index (χ2v) is 6.63. The van der Waals surface area contributed by atoms with E-state index in [9.17, 15) is 14.4 Å². The van der Waals surface area contributed by atoms with E-state index in [2.05, 4.69) is 15.5 Å². The molecule has 1 fully saturated rings. The second-order valence-electron chi connectivity index (χ2n) is 5.82. The van der Waals surface area contributed by atoms with Crippen molar-refractivity contribution in [3.05, 3.63) is 35.3 Å². The predicted octanol–water partition coefficient (Wildman–Crippen LogP) is 0.977. The van der Waals surface area contributed by atoms with Crippen LogP contribution in [0.2, 0.25) is 0 Å². The topological polar surface area (TPSA) is 105 Å². The maximum atomic E-state index is 12.9. The third kappa shape index (κ3) is 2.88.